The van der Waals surface area contributed by atoms with Crippen molar-refractivity contribution >= 4 is 49.8 Å². The fourth-order valence-corrected chi connectivity index (χ4v) is 4.88. The van der Waals surface area contributed by atoms with Gasteiger partial charge in [-0.25, -0.2) is 12.8 Å². The number of rotatable bonds is 7. The number of halogens is 1. The van der Waals surface area contributed by atoms with E-state index in [0.29, 0.717) is 10.0 Å². The second-order valence-corrected chi connectivity index (χ2v) is 9.32. The highest BCUT2D eigenvalue weighted by atomic mass is 32.2. The molecule has 1 aromatic heterocycles. The molecular formula is C17H15FN4O3S3. The number of sulfonamides is 1. The number of hydrogen-bond acceptors (Lipinski definition) is 7. The smallest absolute Gasteiger partial charge is 0.264 e. The van der Waals surface area contributed by atoms with Crippen LogP contribution in [0.15, 0.2) is 63.8 Å². The second-order valence-electron chi connectivity index (χ2n) is 5.43. The average molecular weight is 439 g/mol. The fourth-order valence-electron chi connectivity index (χ4n) is 2.28. The summed E-state index contributed by atoms with van der Waals surface area (Å²) in [6.07, 6.45) is 1.83. The Morgan fingerprint density at radius 3 is 2.43 bits per heavy atom. The lowest BCUT2D eigenvalue weighted by Gasteiger charge is -2.23. The van der Waals surface area contributed by atoms with Crippen LogP contribution in [-0.4, -0.2) is 37.3 Å². The van der Waals surface area contributed by atoms with Crippen LogP contribution >= 0.6 is 23.1 Å². The van der Waals surface area contributed by atoms with Crippen molar-refractivity contribution in [2.75, 3.05) is 22.4 Å². The van der Waals surface area contributed by atoms with Crippen molar-refractivity contribution in [3.63, 3.8) is 0 Å². The van der Waals surface area contributed by atoms with E-state index in [1.54, 1.807) is 30.3 Å². The highest BCUT2D eigenvalue weighted by molar-refractivity contribution is 8.00. The highest BCUT2D eigenvalue weighted by Crippen LogP contribution is 2.25. The van der Waals surface area contributed by atoms with Gasteiger partial charge in [-0.3, -0.25) is 14.4 Å². The molecule has 0 aliphatic rings. The van der Waals surface area contributed by atoms with Gasteiger partial charge in [0.1, 0.15) is 12.4 Å². The van der Waals surface area contributed by atoms with Gasteiger partial charge in [0, 0.05) is 0 Å². The minimum absolute atomic E-state index is 0.119. The van der Waals surface area contributed by atoms with Crippen LogP contribution in [0.2, 0.25) is 0 Å². The van der Waals surface area contributed by atoms with Gasteiger partial charge in [-0.15, -0.1) is 10.2 Å². The first-order valence-corrected chi connectivity index (χ1v) is 11.4. The fraction of sp³-hybridized carbons (Fsp3) is 0.118. The molecule has 1 heterocycles. The van der Waals surface area contributed by atoms with Gasteiger partial charge in [-0.05, 0) is 42.7 Å². The van der Waals surface area contributed by atoms with Crippen LogP contribution in [0.5, 0.6) is 0 Å². The number of aromatic nitrogens is 2. The van der Waals surface area contributed by atoms with Crippen LogP contribution in [0.3, 0.4) is 0 Å². The van der Waals surface area contributed by atoms with Gasteiger partial charge in [0.05, 0.1) is 10.6 Å². The predicted octanol–water partition coefficient (Wildman–Crippen LogP) is 3.23. The topological polar surface area (TPSA) is 92.3 Å². The van der Waals surface area contributed by atoms with Crippen molar-refractivity contribution in [1.29, 1.82) is 0 Å². The normalized spacial score (nSPS) is 11.2. The number of thioether (sulfide) groups is 1. The van der Waals surface area contributed by atoms with Crippen LogP contribution in [0, 0.1) is 5.82 Å². The van der Waals surface area contributed by atoms with E-state index in [1.807, 2.05) is 6.26 Å². The van der Waals surface area contributed by atoms with Crippen molar-refractivity contribution in [3.8, 4) is 0 Å². The zero-order chi connectivity index (χ0) is 20.1. The summed E-state index contributed by atoms with van der Waals surface area (Å²) >= 11 is 2.58. The van der Waals surface area contributed by atoms with E-state index in [0.717, 1.165) is 28.6 Å². The zero-order valence-electron chi connectivity index (χ0n) is 14.6. The average Bonchev–Trinajstić information content (AvgIpc) is 3.14. The molecule has 0 spiro atoms. The molecule has 0 atom stereocenters. The number of hydrogen-bond donors (Lipinski definition) is 1. The standard InChI is InChI=1S/C17H15FN4O3S3/c1-26-17-21-20-16(27-17)19-15(23)11-22(13-5-3-2-4-6-13)28(24,25)14-9-7-12(18)8-10-14/h2-10H,11H2,1H3,(H,19,20,23). The van der Waals surface area contributed by atoms with Crippen LogP contribution in [0.1, 0.15) is 0 Å². The summed E-state index contributed by atoms with van der Waals surface area (Å²) in [4.78, 5) is 12.4. The molecule has 0 aliphatic carbocycles. The lowest BCUT2D eigenvalue weighted by Crippen LogP contribution is -2.38. The number of amides is 1. The van der Waals surface area contributed by atoms with Gasteiger partial charge >= 0.3 is 0 Å². The maximum atomic E-state index is 13.2. The SMILES string of the molecule is CSc1nnc(NC(=O)CN(c2ccccc2)S(=O)(=O)c2ccc(F)cc2)s1. The summed E-state index contributed by atoms with van der Waals surface area (Å²) in [5, 5.41) is 10.6. The quantitative estimate of drug-likeness (QED) is 0.450. The molecule has 0 unspecified atom stereocenters. The Morgan fingerprint density at radius 2 is 1.82 bits per heavy atom. The molecule has 11 heteroatoms. The Labute approximate surface area is 169 Å². The van der Waals surface area contributed by atoms with Crippen molar-refractivity contribution < 1.29 is 17.6 Å². The molecule has 0 saturated carbocycles. The van der Waals surface area contributed by atoms with E-state index in [9.17, 15) is 17.6 Å². The summed E-state index contributed by atoms with van der Waals surface area (Å²) in [5.74, 6) is -1.12. The predicted molar refractivity (Wildman–Crippen MR) is 108 cm³/mol. The van der Waals surface area contributed by atoms with Gasteiger partial charge in [-0.1, -0.05) is 41.3 Å². The lowest BCUT2D eigenvalue weighted by molar-refractivity contribution is -0.114. The summed E-state index contributed by atoms with van der Waals surface area (Å²) in [6.45, 7) is -0.474. The Hall–Kier alpha value is -2.50. The number of nitrogens with one attached hydrogen (secondary N) is 1. The van der Waals surface area contributed by atoms with Crippen molar-refractivity contribution in [1.82, 2.24) is 10.2 Å². The van der Waals surface area contributed by atoms with Crippen molar-refractivity contribution in [2.45, 2.75) is 9.24 Å². The van der Waals surface area contributed by atoms with Gasteiger partial charge < -0.3 is 0 Å². The zero-order valence-corrected chi connectivity index (χ0v) is 17.0. The highest BCUT2D eigenvalue weighted by Gasteiger charge is 2.27. The molecule has 146 valence electrons. The molecule has 3 rings (SSSR count). The Bertz CT molecular complexity index is 1060. The molecule has 7 nitrogen and oxygen atoms in total. The Kier molecular flexibility index (Phi) is 6.27. The number of anilines is 2. The summed E-state index contributed by atoms with van der Waals surface area (Å²) in [7, 11) is -4.09. The van der Waals surface area contributed by atoms with E-state index in [2.05, 4.69) is 15.5 Å². The number of para-hydroxylation sites is 1. The molecule has 1 N–H and O–H groups in total. The third-order valence-electron chi connectivity index (χ3n) is 3.56. The third kappa shape index (κ3) is 4.66. The first-order valence-electron chi connectivity index (χ1n) is 7.91. The van der Waals surface area contributed by atoms with Crippen molar-refractivity contribution in [2.24, 2.45) is 0 Å². The van der Waals surface area contributed by atoms with Gasteiger partial charge in [0.15, 0.2) is 4.34 Å². The summed E-state index contributed by atoms with van der Waals surface area (Å²) in [5.41, 5.74) is 0.309. The maximum absolute atomic E-state index is 13.2. The first-order chi connectivity index (χ1) is 13.4. The number of nitrogens with zero attached hydrogens (tertiary/aromatic N) is 3. The first kappa shape index (κ1) is 20.2. The molecule has 0 fully saturated rings. The third-order valence-corrected chi connectivity index (χ3v) is 7.16. The molecule has 0 bridgehead atoms. The maximum Gasteiger partial charge on any atom is 0.264 e. The molecule has 0 saturated heterocycles. The van der Waals surface area contributed by atoms with Crippen LogP contribution in [0.25, 0.3) is 0 Å². The Morgan fingerprint density at radius 1 is 1.14 bits per heavy atom. The lowest BCUT2D eigenvalue weighted by atomic mass is 10.3. The van der Waals surface area contributed by atoms with Gasteiger partial charge in [0.25, 0.3) is 10.0 Å². The molecule has 0 radical (unpaired) electrons. The Balaban J connectivity index is 1.89. The van der Waals surface area contributed by atoms with Gasteiger partial charge in [0.2, 0.25) is 11.0 Å². The molecule has 0 aliphatic heterocycles. The van der Waals surface area contributed by atoms with Crippen molar-refractivity contribution in [3.05, 3.63) is 60.4 Å². The molecule has 2 aromatic carbocycles. The molecule has 1 amide bonds. The van der Waals surface area contributed by atoms with Crippen LogP contribution in [0.4, 0.5) is 15.2 Å². The number of benzene rings is 2. The largest absolute Gasteiger partial charge is 0.299 e. The minimum Gasteiger partial charge on any atom is -0.299 e. The van der Waals surface area contributed by atoms with E-state index in [-0.39, 0.29) is 10.0 Å². The van der Waals surface area contributed by atoms with E-state index in [1.165, 1.54) is 23.1 Å². The van der Waals surface area contributed by atoms with Gasteiger partial charge in [-0.2, -0.15) is 0 Å². The monoisotopic (exact) mass is 438 g/mol. The van der Waals surface area contributed by atoms with E-state index in [4.69, 9.17) is 0 Å². The van der Waals surface area contributed by atoms with Crippen LogP contribution < -0.4 is 9.62 Å². The molecule has 28 heavy (non-hydrogen) atoms. The second kappa shape index (κ2) is 8.67. The minimum atomic E-state index is -4.09. The number of carbonyl (C=O) groups excluding carboxylic acids is 1. The summed E-state index contributed by atoms with van der Waals surface area (Å²) in [6, 6.07) is 12.6. The molecular weight excluding hydrogens is 423 g/mol. The van der Waals surface area contributed by atoms with Crippen LogP contribution in [-0.2, 0) is 14.8 Å². The van der Waals surface area contributed by atoms with E-state index >= 15 is 0 Å². The van der Waals surface area contributed by atoms with E-state index < -0.39 is 28.3 Å². The number of carbonyl (C=O) groups is 1. The molecule has 3 aromatic rings. The summed E-state index contributed by atoms with van der Waals surface area (Å²) < 4.78 is 41.0.